The number of hydrogen-bond donors (Lipinski definition) is 1. The minimum Gasteiger partial charge on any atom is -0.481 e. The van der Waals surface area contributed by atoms with E-state index >= 15 is 0 Å². The SMILES string of the molecule is O=C(O)CC1CCCN1C1CCCCCCCCCCC1. The zero-order valence-electron chi connectivity index (χ0n) is 13.6. The van der Waals surface area contributed by atoms with E-state index in [0.717, 1.165) is 13.0 Å². The topological polar surface area (TPSA) is 40.5 Å². The lowest BCUT2D eigenvalue weighted by atomic mass is 9.96. The smallest absolute Gasteiger partial charge is 0.304 e. The third kappa shape index (κ3) is 5.98. The van der Waals surface area contributed by atoms with Crippen molar-refractivity contribution in [3.8, 4) is 0 Å². The lowest BCUT2D eigenvalue weighted by molar-refractivity contribution is -0.138. The third-order valence-corrected chi connectivity index (χ3v) is 5.38. The molecule has 0 aromatic carbocycles. The average molecular weight is 295 g/mol. The maximum Gasteiger partial charge on any atom is 0.304 e. The summed E-state index contributed by atoms with van der Waals surface area (Å²) in [5, 5.41) is 9.11. The second-order valence-corrected chi connectivity index (χ2v) is 7.04. The Hall–Kier alpha value is -0.570. The highest BCUT2D eigenvalue weighted by Crippen LogP contribution is 2.28. The molecular weight excluding hydrogens is 262 g/mol. The van der Waals surface area contributed by atoms with Crippen LogP contribution in [0.1, 0.15) is 89.9 Å². The van der Waals surface area contributed by atoms with E-state index in [2.05, 4.69) is 4.90 Å². The second kappa shape index (κ2) is 9.45. The number of nitrogens with zero attached hydrogens (tertiary/aromatic N) is 1. The van der Waals surface area contributed by atoms with Crippen LogP contribution in [-0.4, -0.2) is 34.6 Å². The Morgan fingerprint density at radius 3 is 1.86 bits per heavy atom. The van der Waals surface area contributed by atoms with E-state index in [1.807, 2.05) is 0 Å². The Kier molecular flexibility index (Phi) is 7.56. The average Bonchev–Trinajstić information content (AvgIpc) is 2.87. The summed E-state index contributed by atoms with van der Waals surface area (Å²) in [6, 6.07) is 0.955. The van der Waals surface area contributed by atoms with Gasteiger partial charge in [-0.3, -0.25) is 9.69 Å². The normalized spacial score (nSPS) is 27.9. The first-order valence-electron chi connectivity index (χ1n) is 9.25. The number of likely N-dealkylation sites (tertiary alicyclic amines) is 1. The molecule has 1 unspecified atom stereocenters. The quantitative estimate of drug-likeness (QED) is 0.827. The maximum atomic E-state index is 11.1. The van der Waals surface area contributed by atoms with Gasteiger partial charge in [-0.1, -0.05) is 57.8 Å². The lowest BCUT2D eigenvalue weighted by Gasteiger charge is -2.33. The number of hydrogen-bond acceptors (Lipinski definition) is 2. The van der Waals surface area contributed by atoms with Gasteiger partial charge in [-0.25, -0.2) is 0 Å². The molecular formula is C18H33NO2. The van der Waals surface area contributed by atoms with Gasteiger partial charge in [0.05, 0.1) is 6.42 Å². The fraction of sp³-hybridized carbons (Fsp3) is 0.944. The van der Waals surface area contributed by atoms with Crippen LogP contribution in [0.4, 0.5) is 0 Å². The van der Waals surface area contributed by atoms with Crippen molar-refractivity contribution >= 4 is 5.97 Å². The van der Waals surface area contributed by atoms with E-state index in [1.54, 1.807) is 0 Å². The number of carboxylic acid groups (broad SMARTS) is 1. The first-order valence-corrected chi connectivity index (χ1v) is 9.25. The van der Waals surface area contributed by atoms with Gasteiger partial charge in [-0.2, -0.15) is 0 Å². The fourth-order valence-electron chi connectivity index (χ4n) is 4.23. The van der Waals surface area contributed by atoms with Crippen molar-refractivity contribution < 1.29 is 9.90 Å². The van der Waals surface area contributed by atoms with Crippen molar-refractivity contribution in [3.05, 3.63) is 0 Å². The van der Waals surface area contributed by atoms with Gasteiger partial charge in [0.15, 0.2) is 0 Å². The van der Waals surface area contributed by atoms with Gasteiger partial charge in [0.2, 0.25) is 0 Å². The zero-order chi connectivity index (χ0) is 14.9. The van der Waals surface area contributed by atoms with E-state index in [1.165, 1.54) is 77.0 Å². The highest BCUT2D eigenvalue weighted by atomic mass is 16.4. The summed E-state index contributed by atoms with van der Waals surface area (Å²) in [6.07, 6.45) is 17.6. The van der Waals surface area contributed by atoms with Crippen molar-refractivity contribution in [2.45, 2.75) is 102 Å². The van der Waals surface area contributed by atoms with Crippen molar-refractivity contribution in [1.29, 1.82) is 0 Å². The molecule has 0 aromatic rings. The Balaban J connectivity index is 1.87. The van der Waals surface area contributed by atoms with Gasteiger partial charge < -0.3 is 5.11 Å². The molecule has 1 saturated heterocycles. The Bertz CT molecular complexity index is 294. The largest absolute Gasteiger partial charge is 0.481 e. The first-order chi connectivity index (χ1) is 10.3. The van der Waals surface area contributed by atoms with Crippen LogP contribution in [0, 0.1) is 0 Å². The van der Waals surface area contributed by atoms with Crippen LogP contribution >= 0.6 is 0 Å². The van der Waals surface area contributed by atoms with Gasteiger partial charge >= 0.3 is 5.97 Å². The molecule has 3 heteroatoms. The molecule has 2 aliphatic rings. The predicted octanol–water partition coefficient (Wildman–Crippen LogP) is 4.60. The summed E-state index contributed by atoms with van der Waals surface area (Å²) < 4.78 is 0. The van der Waals surface area contributed by atoms with Crippen LogP contribution in [0.3, 0.4) is 0 Å². The Morgan fingerprint density at radius 1 is 0.810 bits per heavy atom. The lowest BCUT2D eigenvalue weighted by Crippen LogP contribution is -2.40. The summed E-state index contributed by atoms with van der Waals surface area (Å²) in [5.74, 6) is -0.625. The van der Waals surface area contributed by atoms with Crippen molar-refractivity contribution in [2.75, 3.05) is 6.54 Å². The van der Waals surface area contributed by atoms with Crippen LogP contribution in [0.2, 0.25) is 0 Å². The molecule has 1 N–H and O–H groups in total. The molecule has 1 aliphatic carbocycles. The molecule has 0 bridgehead atoms. The van der Waals surface area contributed by atoms with Gasteiger partial charge in [-0.05, 0) is 32.2 Å². The molecule has 1 atom stereocenters. The number of carbonyl (C=O) groups is 1. The molecule has 122 valence electrons. The van der Waals surface area contributed by atoms with Crippen LogP contribution in [0.15, 0.2) is 0 Å². The van der Waals surface area contributed by atoms with E-state index < -0.39 is 5.97 Å². The van der Waals surface area contributed by atoms with Gasteiger partial charge in [0, 0.05) is 12.1 Å². The summed E-state index contributed by atoms with van der Waals surface area (Å²) in [6.45, 7) is 1.13. The van der Waals surface area contributed by atoms with Crippen LogP contribution in [0.5, 0.6) is 0 Å². The Labute approximate surface area is 130 Å². The Morgan fingerprint density at radius 2 is 1.33 bits per heavy atom. The van der Waals surface area contributed by atoms with E-state index in [-0.39, 0.29) is 0 Å². The summed E-state index contributed by atoms with van der Waals surface area (Å²) in [7, 11) is 0. The summed E-state index contributed by atoms with van der Waals surface area (Å²) >= 11 is 0. The van der Waals surface area contributed by atoms with E-state index in [9.17, 15) is 4.79 Å². The molecule has 0 radical (unpaired) electrons. The number of carboxylic acids is 1. The monoisotopic (exact) mass is 295 g/mol. The van der Waals surface area contributed by atoms with Crippen molar-refractivity contribution in [1.82, 2.24) is 4.90 Å². The summed E-state index contributed by atoms with van der Waals surface area (Å²) in [4.78, 5) is 13.6. The minimum atomic E-state index is -0.625. The van der Waals surface area contributed by atoms with E-state index in [0.29, 0.717) is 18.5 Å². The van der Waals surface area contributed by atoms with Crippen LogP contribution in [-0.2, 0) is 4.79 Å². The standard InChI is InChI=1S/C18H33NO2/c20-18(21)15-17-13-10-14-19(17)16-11-8-6-4-2-1-3-5-7-9-12-16/h16-17H,1-15H2,(H,20,21). The van der Waals surface area contributed by atoms with Crippen molar-refractivity contribution in [3.63, 3.8) is 0 Å². The first kappa shape index (κ1) is 16.8. The molecule has 21 heavy (non-hydrogen) atoms. The van der Waals surface area contributed by atoms with Gasteiger partial charge in [-0.15, -0.1) is 0 Å². The fourth-order valence-corrected chi connectivity index (χ4v) is 4.23. The molecule has 1 saturated carbocycles. The molecule has 1 heterocycles. The van der Waals surface area contributed by atoms with Crippen LogP contribution in [0.25, 0.3) is 0 Å². The summed E-state index contributed by atoms with van der Waals surface area (Å²) in [5.41, 5.74) is 0. The predicted molar refractivity (Wildman–Crippen MR) is 86.6 cm³/mol. The molecule has 0 spiro atoms. The highest BCUT2D eigenvalue weighted by Gasteiger charge is 2.31. The molecule has 1 aliphatic heterocycles. The molecule has 2 fully saturated rings. The minimum absolute atomic E-state index is 0.306. The maximum absolute atomic E-state index is 11.1. The molecule has 3 nitrogen and oxygen atoms in total. The third-order valence-electron chi connectivity index (χ3n) is 5.38. The molecule has 2 rings (SSSR count). The van der Waals surface area contributed by atoms with Gasteiger partial charge in [0.25, 0.3) is 0 Å². The van der Waals surface area contributed by atoms with Gasteiger partial charge in [0.1, 0.15) is 0 Å². The molecule has 0 amide bonds. The van der Waals surface area contributed by atoms with Crippen molar-refractivity contribution in [2.24, 2.45) is 0 Å². The number of rotatable bonds is 3. The molecule has 0 aromatic heterocycles. The zero-order valence-corrected chi connectivity index (χ0v) is 13.6. The van der Waals surface area contributed by atoms with Crippen LogP contribution < -0.4 is 0 Å². The van der Waals surface area contributed by atoms with E-state index in [4.69, 9.17) is 5.11 Å². The highest BCUT2D eigenvalue weighted by molar-refractivity contribution is 5.67. The second-order valence-electron chi connectivity index (χ2n) is 7.04. The number of aliphatic carboxylic acids is 1.